The maximum atomic E-state index is 10.6. The third-order valence-electron chi connectivity index (χ3n) is 2.03. The van der Waals surface area contributed by atoms with Gasteiger partial charge in [0.2, 0.25) is 0 Å². The van der Waals surface area contributed by atoms with Crippen LogP contribution in [0.3, 0.4) is 0 Å². The Hall–Kier alpha value is -1.15. The van der Waals surface area contributed by atoms with Crippen LogP contribution in [-0.2, 0) is 6.42 Å². The van der Waals surface area contributed by atoms with Gasteiger partial charge in [-0.05, 0) is 25.3 Å². The van der Waals surface area contributed by atoms with Gasteiger partial charge in [-0.2, -0.15) is 0 Å². The molecule has 0 bridgehead atoms. The van der Waals surface area contributed by atoms with Crippen LogP contribution in [-0.4, -0.2) is 18.0 Å². The molecule has 1 rings (SSSR count). The second-order valence-corrected chi connectivity index (χ2v) is 3.15. The molecule has 0 heterocycles. The molecule has 2 heteroatoms. The summed E-state index contributed by atoms with van der Waals surface area (Å²) in [5.41, 5.74) is 2.92. The molecule has 70 valence electrons. The van der Waals surface area contributed by atoms with Gasteiger partial charge in [0.15, 0.2) is 0 Å². The van der Waals surface area contributed by atoms with Crippen molar-refractivity contribution in [2.24, 2.45) is 0 Å². The standard InChI is InChI=1S/C11H14O2/c1-9-4-5-11(8-13)10(7-9)3-2-6-12/h4-5,7-8,12H,2-3,6H2,1H3. The molecule has 1 aromatic carbocycles. The monoisotopic (exact) mass is 178 g/mol. The number of aliphatic hydroxyl groups is 1. The van der Waals surface area contributed by atoms with Gasteiger partial charge < -0.3 is 5.11 Å². The highest BCUT2D eigenvalue weighted by molar-refractivity contribution is 5.77. The Kier molecular flexibility index (Phi) is 3.65. The van der Waals surface area contributed by atoms with Crippen LogP contribution in [0.1, 0.15) is 27.9 Å². The highest BCUT2D eigenvalue weighted by Crippen LogP contribution is 2.11. The Morgan fingerprint density at radius 1 is 1.46 bits per heavy atom. The Labute approximate surface area is 78.2 Å². The molecule has 0 unspecified atom stereocenters. The minimum atomic E-state index is 0.173. The molecule has 0 amide bonds. The molecule has 0 aromatic heterocycles. The number of rotatable bonds is 4. The van der Waals surface area contributed by atoms with Gasteiger partial charge in [0.1, 0.15) is 6.29 Å². The summed E-state index contributed by atoms with van der Waals surface area (Å²) in [6.07, 6.45) is 2.35. The van der Waals surface area contributed by atoms with Crippen molar-refractivity contribution in [3.63, 3.8) is 0 Å². The number of hydrogen-bond donors (Lipinski definition) is 1. The minimum Gasteiger partial charge on any atom is -0.396 e. The van der Waals surface area contributed by atoms with E-state index in [1.165, 1.54) is 0 Å². The first-order valence-electron chi connectivity index (χ1n) is 4.43. The zero-order valence-electron chi connectivity index (χ0n) is 7.79. The van der Waals surface area contributed by atoms with Gasteiger partial charge in [-0.3, -0.25) is 4.79 Å². The summed E-state index contributed by atoms with van der Waals surface area (Å²) in [4.78, 5) is 10.6. The Morgan fingerprint density at radius 2 is 2.23 bits per heavy atom. The van der Waals surface area contributed by atoms with Crippen molar-refractivity contribution < 1.29 is 9.90 Å². The van der Waals surface area contributed by atoms with Crippen LogP contribution in [0.15, 0.2) is 18.2 Å². The molecule has 0 aliphatic carbocycles. The van der Waals surface area contributed by atoms with Crippen molar-refractivity contribution in [3.8, 4) is 0 Å². The van der Waals surface area contributed by atoms with E-state index < -0.39 is 0 Å². The average molecular weight is 178 g/mol. The molecular weight excluding hydrogens is 164 g/mol. The van der Waals surface area contributed by atoms with Gasteiger partial charge in [0.25, 0.3) is 0 Å². The number of aldehydes is 1. The van der Waals surface area contributed by atoms with Gasteiger partial charge in [-0.15, -0.1) is 0 Å². The van der Waals surface area contributed by atoms with E-state index in [1.54, 1.807) is 0 Å². The highest BCUT2D eigenvalue weighted by atomic mass is 16.2. The van der Waals surface area contributed by atoms with Crippen molar-refractivity contribution in [2.75, 3.05) is 6.61 Å². The van der Waals surface area contributed by atoms with Gasteiger partial charge in [0, 0.05) is 12.2 Å². The number of carbonyl (C=O) groups excluding carboxylic acids is 1. The summed E-state index contributed by atoms with van der Waals surface area (Å²) >= 11 is 0. The van der Waals surface area contributed by atoms with Crippen molar-refractivity contribution in [1.82, 2.24) is 0 Å². The topological polar surface area (TPSA) is 37.3 Å². The van der Waals surface area contributed by atoms with E-state index in [4.69, 9.17) is 5.11 Å². The fourth-order valence-electron chi connectivity index (χ4n) is 1.34. The lowest BCUT2D eigenvalue weighted by atomic mass is 10.0. The van der Waals surface area contributed by atoms with Crippen LogP contribution in [0, 0.1) is 6.92 Å². The van der Waals surface area contributed by atoms with Crippen molar-refractivity contribution in [1.29, 1.82) is 0 Å². The molecular formula is C11H14O2. The van der Waals surface area contributed by atoms with Gasteiger partial charge >= 0.3 is 0 Å². The molecule has 0 aliphatic rings. The molecule has 0 aliphatic heterocycles. The predicted octanol–water partition coefficient (Wildman–Crippen LogP) is 1.73. The molecule has 0 fully saturated rings. The lowest BCUT2D eigenvalue weighted by Crippen LogP contribution is -1.95. The number of aryl methyl sites for hydroxylation is 2. The summed E-state index contributed by atoms with van der Waals surface area (Å²) in [6, 6.07) is 5.75. The number of aliphatic hydroxyl groups excluding tert-OH is 1. The van der Waals surface area contributed by atoms with Gasteiger partial charge in [-0.1, -0.05) is 23.8 Å². The molecule has 1 N–H and O–H groups in total. The molecule has 2 nitrogen and oxygen atoms in total. The van der Waals surface area contributed by atoms with E-state index in [1.807, 2.05) is 25.1 Å². The van der Waals surface area contributed by atoms with Crippen LogP contribution in [0.5, 0.6) is 0 Å². The first-order valence-corrected chi connectivity index (χ1v) is 4.43. The molecule has 13 heavy (non-hydrogen) atoms. The maximum absolute atomic E-state index is 10.6. The number of benzene rings is 1. The predicted molar refractivity (Wildman–Crippen MR) is 52.0 cm³/mol. The van der Waals surface area contributed by atoms with E-state index in [0.717, 1.165) is 29.4 Å². The lowest BCUT2D eigenvalue weighted by molar-refractivity contribution is 0.112. The first kappa shape index (κ1) is 9.93. The highest BCUT2D eigenvalue weighted by Gasteiger charge is 2.00. The fourth-order valence-corrected chi connectivity index (χ4v) is 1.34. The minimum absolute atomic E-state index is 0.173. The summed E-state index contributed by atoms with van der Waals surface area (Å²) in [7, 11) is 0. The third kappa shape index (κ3) is 2.67. The fraction of sp³-hybridized carbons (Fsp3) is 0.364. The van der Waals surface area contributed by atoms with Crippen LogP contribution in [0.2, 0.25) is 0 Å². The molecule has 0 atom stereocenters. The summed E-state index contributed by atoms with van der Waals surface area (Å²) < 4.78 is 0. The molecule has 0 saturated carbocycles. The van der Waals surface area contributed by atoms with E-state index in [0.29, 0.717) is 6.42 Å². The Morgan fingerprint density at radius 3 is 2.85 bits per heavy atom. The van der Waals surface area contributed by atoms with Crippen LogP contribution < -0.4 is 0 Å². The van der Waals surface area contributed by atoms with E-state index >= 15 is 0 Å². The van der Waals surface area contributed by atoms with Gasteiger partial charge in [0.05, 0.1) is 0 Å². The van der Waals surface area contributed by atoms with Crippen LogP contribution >= 0.6 is 0 Å². The summed E-state index contributed by atoms with van der Waals surface area (Å²) in [5, 5.41) is 8.67. The van der Waals surface area contributed by atoms with E-state index in [-0.39, 0.29) is 6.61 Å². The SMILES string of the molecule is Cc1ccc(C=O)c(CCCO)c1. The van der Waals surface area contributed by atoms with Gasteiger partial charge in [-0.25, -0.2) is 0 Å². The van der Waals surface area contributed by atoms with Crippen molar-refractivity contribution in [2.45, 2.75) is 19.8 Å². The summed E-state index contributed by atoms with van der Waals surface area (Å²) in [6.45, 7) is 2.17. The molecule has 0 spiro atoms. The average Bonchev–Trinajstić information content (AvgIpc) is 2.15. The Bertz CT molecular complexity index is 292. The van der Waals surface area contributed by atoms with E-state index in [9.17, 15) is 4.79 Å². The van der Waals surface area contributed by atoms with Crippen LogP contribution in [0.25, 0.3) is 0 Å². The van der Waals surface area contributed by atoms with Crippen molar-refractivity contribution in [3.05, 3.63) is 34.9 Å². The summed E-state index contributed by atoms with van der Waals surface area (Å²) in [5.74, 6) is 0. The second-order valence-electron chi connectivity index (χ2n) is 3.15. The quantitative estimate of drug-likeness (QED) is 0.713. The van der Waals surface area contributed by atoms with Crippen LogP contribution in [0.4, 0.5) is 0 Å². The normalized spacial score (nSPS) is 10.0. The number of carbonyl (C=O) groups is 1. The smallest absolute Gasteiger partial charge is 0.150 e. The first-order chi connectivity index (χ1) is 6.27. The zero-order valence-corrected chi connectivity index (χ0v) is 7.79. The maximum Gasteiger partial charge on any atom is 0.150 e. The molecule has 0 radical (unpaired) electrons. The van der Waals surface area contributed by atoms with Crippen molar-refractivity contribution >= 4 is 6.29 Å². The molecule has 1 aromatic rings. The second kappa shape index (κ2) is 4.77. The largest absolute Gasteiger partial charge is 0.396 e. The lowest BCUT2D eigenvalue weighted by Gasteiger charge is -2.04. The van der Waals surface area contributed by atoms with E-state index in [2.05, 4.69) is 0 Å². The zero-order chi connectivity index (χ0) is 9.68. The number of hydrogen-bond acceptors (Lipinski definition) is 2. The Balaban J connectivity index is 2.87. The molecule has 0 saturated heterocycles. The third-order valence-corrected chi connectivity index (χ3v) is 2.03.